The summed E-state index contributed by atoms with van der Waals surface area (Å²) in [7, 11) is 0. The Labute approximate surface area is 131 Å². The van der Waals surface area contributed by atoms with Crippen molar-refractivity contribution < 1.29 is 0 Å². The Balaban J connectivity index is 2.37. The molecule has 2 aromatic rings. The molecule has 0 bridgehead atoms. The van der Waals surface area contributed by atoms with E-state index in [4.69, 9.17) is 4.98 Å². The molecule has 0 unspecified atom stereocenters. The average molecular weight is 303 g/mol. The van der Waals surface area contributed by atoms with Crippen LogP contribution in [0.1, 0.15) is 42.7 Å². The second-order valence-electron chi connectivity index (χ2n) is 5.91. The molecule has 21 heavy (non-hydrogen) atoms. The van der Waals surface area contributed by atoms with E-state index in [2.05, 4.69) is 43.2 Å². The molecular weight excluding hydrogens is 278 g/mol. The zero-order valence-corrected chi connectivity index (χ0v) is 14.5. The SMILES string of the molecule is CCNCc1sc(-c2cc(C)nc(C)c2)nc1CC(C)C. The fourth-order valence-electron chi connectivity index (χ4n) is 2.39. The number of hydrogen-bond acceptors (Lipinski definition) is 4. The molecule has 0 saturated heterocycles. The second-order valence-corrected chi connectivity index (χ2v) is 6.99. The lowest BCUT2D eigenvalue weighted by atomic mass is 10.1. The zero-order chi connectivity index (χ0) is 15.4. The van der Waals surface area contributed by atoms with Crippen molar-refractivity contribution in [2.75, 3.05) is 6.54 Å². The number of nitrogens with zero attached hydrogens (tertiary/aromatic N) is 2. The molecule has 1 N–H and O–H groups in total. The molecule has 2 aromatic heterocycles. The monoisotopic (exact) mass is 303 g/mol. The predicted octanol–water partition coefficient (Wildman–Crippen LogP) is 4.13. The first-order chi connectivity index (χ1) is 9.99. The van der Waals surface area contributed by atoms with Gasteiger partial charge in [-0.15, -0.1) is 11.3 Å². The minimum Gasteiger partial charge on any atom is -0.312 e. The second kappa shape index (κ2) is 7.14. The van der Waals surface area contributed by atoms with E-state index in [1.54, 1.807) is 0 Å². The van der Waals surface area contributed by atoms with Gasteiger partial charge in [-0.05, 0) is 44.9 Å². The number of pyridine rings is 1. The van der Waals surface area contributed by atoms with E-state index in [1.165, 1.54) is 16.1 Å². The third kappa shape index (κ3) is 4.35. The molecule has 2 heterocycles. The molecule has 0 aliphatic heterocycles. The Morgan fingerprint density at radius 2 is 1.81 bits per heavy atom. The number of hydrogen-bond donors (Lipinski definition) is 1. The van der Waals surface area contributed by atoms with Crippen LogP contribution in [-0.2, 0) is 13.0 Å². The summed E-state index contributed by atoms with van der Waals surface area (Å²) < 4.78 is 0. The maximum Gasteiger partial charge on any atom is 0.124 e. The summed E-state index contributed by atoms with van der Waals surface area (Å²) in [4.78, 5) is 10.7. The van der Waals surface area contributed by atoms with Gasteiger partial charge in [0, 0.05) is 28.4 Å². The number of nitrogens with one attached hydrogen (secondary N) is 1. The van der Waals surface area contributed by atoms with Crippen LogP contribution in [-0.4, -0.2) is 16.5 Å². The van der Waals surface area contributed by atoms with Crippen molar-refractivity contribution in [3.05, 3.63) is 34.1 Å². The van der Waals surface area contributed by atoms with Gasteiger partial charge in [0.1, 0.15) is 5.01 Å². The van der Waals surface area contributed by atoms with Crippen molar-refractivity contribution in [3.63, 3.8) is 0 Å². The molecular formula is C17H25N3S. The molecule has 0 aliphatic carbocycles. The first kappa shape index (κ1) is 16.1. The fourth-order valence-corrected chi connectivity index (χ4v) is 3.43. The van der Waals surface area contributed by atoms with E-state index in [0.29, 0.717) is 5.92 Å². The summed E-state index contributed by atoms with van der Waals surface area (Å²) in [6.45, 7) is 12.6. The molecule has 3 nitrogen and oxygen atoms in total. The smallest absolute Gasteiger partial charge is 0.124 e. The minimum absolute atomic E-state index is 0.626. The van der Waals surface area contributed by atoms with Gasteiger partial charge >= 0.3 is 0 Å². The summed E-state index contributed by atoms with van der Waals surface area (Å²) in [5.74, 6) is 0.626. The Bertz CT molecular complexity index is 582. The normalized spacial score (nSPS) is 11.3. The molecule has 0 aliphatic rings. The van der Waals surface area contributed by atoms with Crippen LogP contribution in [0, 0.1) is 19.8 Å². The van der Waals surface area contributed by atoms with Gasteiger partial charge in [0.05, 0.1) is 5.69 Å². The summed E-state index contributed by atoms with van der Waals surface area (Å²) in [5, 5.41) is 4.54. The fraction of sp³-hybridized carbons (Fsp3) is 0.529. The van der Waals surface area contributed by atoms with Gasteiger partial charge in [0.25, 0.3) is 0 Å². The van der Waals surface area contributed by atoms with Gasteiger partial charge in [-0.1, -0.05) is 20.8 Å². The van der Waals surface area contributed by atoms with Crippen LogP contribution in [0.25, 0.3) is 10.6 Å². The van der Waals surface area contributed by atoms with E-state index in [1.807, 2.05) is 25.2 Å². The number of rotatable bonds is 6. The Morgan fingerprint density at radius 1 is 1.14 bits per heavy atom. The van der Waals surface area contributed by atoms with Crippen LogP contribution in [0.5, 0.6) is 0 Å². The van der Waals surface area contributed by atoms with Crippen LogP contribution in [0.3, 0.4) is 0 Å². The number of thiazole rings is 1. The van der Waals surface area contributed by atoms with Crippen molar-refractivity contribution in [2.45, 2.75) is 47.6 Å². The number of aromatic nitrogens is 2. The van der Waals surface area contributed by atoms with Gasteiger partial charge in [0.15, 0.2) is 0 Å². The molecule has 0 amide bonds. The molecule has 0 radical (unpaired) electrons. The predicted molar refractivity (Wildman–Crippen MR) is 90.7 cm³/mol. The highest BCUT2D eigenvalue weighted by Gasteiger charge is 2.14. The van der Waals surface area contributed by atoms with E-state index in [-0.39, 0.29) is 0 Å². The van der Waals surface area contributed by atoms with Gasteiger partial charge in [0.2, 0.25) is 0 Å². The Morgan fingerprint density at radius 3 is 2.38 bits per heavy atom. The molecule has 0 aromatic carbocycles. The highest BCUT2D eigenvalue weighted by molar-refractivity contribution is 7.15. The van der Waals surface area contributed by atoms with Crippen LogP contribution >= 0.6 is 11.3 Å². The van der Waals surface area contributed by atoms with E-state index < -0.39 is 0 Å². The topological polar surface area (TPSA) is 37.8 Å². The van der Waals surface area contributed by atoms with E-state index in [9.17, 15) is 0 Å². The van der Waals surface area contributed by atoms with E-state index >= 15 is 0 Å². The summed E-state index contributed by atoms with van der Waals surface area (Å²) >= 11 is 1.81. The van der Waals surface area contributed by atoms with Gasteiger partial charge in [-0.2, -0.15) is 0 Å². The van der Waals surface area contributed by atoms with Crippen molar-refractivity contribution in [3.8, 4) is 10.6 Å². The molecule has 2 rings (SSSR count). The third-order valence-corrected chi connectivity index (χ3v) is 4.39. The van der Waals surface area contributed by atoms with Crippen molar-refractivity contribution in [2.24, 2.45) is 5.92 Å². The molecule has 0 spiro atoms. The lowest BCUT2D eigenvalue weighted by Gasteiger charge is -2.04. The molecule has 114 valence electrons. The van der Waals surface area contributed by atoms with Crippen LogP contribution < -0.4 is 5.32 Å². The van der Waals surface area contributed by atoms with Crippen molar-refractivity contribution in [1.82, 2.24) is 15.3 Å². The lowest BCUT2D eigenvalue weighted by Crippen LogP contribution is -2.12. The third-order valence-electron chi connectivity index (χ3n) is 3.24. The Kier molecular flexibility index (Phi) is 5.48. The first-order valence-corrected chi connectivity index (χ1v) is 8.46. The zero-order valence-electron chi connectivity index (χ0n) is 13.7. The van der Waals surface area contributed by atoms with Crippen molar-refractivity contribution in [1.29, 1.82) is 0 Å². The quantitative estimate of drug-likeness (QED) is 0.872. The van der Waals surface area contributed by atoms with Gasteiger partial charge < -0.3 is 5.32 Å². The highest BCUT2D eigenvalue weighted by atomic mass is 32.1. The Hall–Kier alpha value is -1.26. The lowest BCUT2D eigenvalue weighted by molar-refractivity contribution is 0.628. The summed E-state index contributed by atoms with van der Waals surface area (Å²) in [5.41, 5.74) is 4.55. The molecule has 4 heteroatoms. The van der Waals surface area contributed by atoms with E-state index in [0.717, 1.165) is 35.9 Å². The van der Waals surface area contributed by atoms with Crippen LogP contribution in [0.4, 0.5) is 0 Å². The first-order valence-electron chi connectivity index (χ1n) is 7.64. The standard InChI is InChI=1S/C17H25N3S/c1-6-18-10-16-15(7-11(2)3)20-17(21-16)14-8-12(4)19-13(5)9-14/h8-9,11,18H,6-7,10H2,1-5H3. The molecule has 0 saturated carbocycles. The highest BCUT2D eigenvalue weighted by Crippen LogP contribution is 2.30. The summed E-state index contributed by atoms with van der Waals surface area (Å²) in [6, 6.07) is 4.25. The maximum atomic E-state index is 4.91. The van der Waals surface area contributed by atoms with Crippen molar-refractivity contribution >= 4 is 11.3 Å². The van der Waals surface area contributed by atoms with Crippen LogP contribution in [0.15, 0.2) is 12.1 Å². The molecule has 0 atom stereocenters. The molecule has 0 fully saturated rings. The minimum atomic E-state index is 0.626. The van der Waals surface area contributed by atoms with Gasteiger partial charge in [-0.25, -0.2) is 4.98 Å². The maximum absolute atomic E-state index is 4.91. The van der Waals surface area contributed by atoms with Gasteiger partial charge in [-0.3, -0.25) is 4.98 Å². The average Bonchev–Trinajstić information content (AvgIpc) is 2.77. The largest absolute Gasteiger partial charge is 0.312 e. The van der Waals surface area contributed by atoms with Crippen LogP contribution in [0.2, 0.25) is 0 Å². The summed E-state index contributed by atoms with van der Waals surface area (Å²) in [6.07, 6.45) is 1.04. The number of aryl methyl sites for hydroxylation is 2.